The summed E-state index contributed by atoms with van der Waals surface area (Å²) in [5.74, 6) is -0.599. The number of benzene rings is 2. The number of nitrogens with zero attached hydrogens (tertiary/aromatic N) is 1. The van der Waals surface area contributed by atoms with Crippen molar-refractivity contribution in [2.45, 2.75) is 12.8 Å². The molecule has 0 aliphatic carbocycles. The summed E-state index contributed by atoms with van der Waals surface area (Å²) in [6.07, 6.45) is 0. The van der Waals surface area contributed by atoms with Crippen molar-refractivity contribution in [1.82, 2.24) is 4.90 Å². The van der Waals surface area contributed by atoms with Gasteiger partial charge in [0.25, 0.3) is 5.91 Å². The van der Waals surface area contributed by atoms with Crippen LogP contribution in [-0.4, -0.2) is 42.1 Å². The summed E-state index contributed by atoms with van der Waals surface area (Å²) in [5, 5.41) is 8.65. The zero-order chi connectivity index (χ0) is 17.5. The molecule has 0 aliphatic rings. The quantitative estimate of drug-likeness (QED) is 0.849. The minimum Gasteiger partial charge on any atom is -0.482 e. The third-order valence-corrected chi connectivity index (χ3v) is 3.71. The van der Waals surface area contributed by atoms with Gasteiger partial charge in [0.05, 0.1) is 0 Å². The fourth-order valence-electron chi connectivity index (χ4n) is 2.47. The van der Waals surface area contributed by atoms with Gasteiger partial charge in [0.15, 0.2) is 6.61 Å². The molecule has 0 bridgehead atoms. The molecule has 24 heavy (non-hydrogen) atoms. The van der Waals surface area contributed by atoms with Crippen LogP contribution < -0.4 is 4.74 Å². The molecule has 1 unspecified atom stereocenters. The standard InChI is InChI=1S/C19H21NO4/c1-14(15-7-4-3-5-8-15)12-20(2)19(23)16-9-6-10-17(11-16)24-13-18(21)22/h3-11,14H,12-13H2,1-2H3,(H,21,22). The molecule has 2 aromatic rings. The Kier molecular flexibility index (Phi) is 5.95. The summed E-state index contributed by atoms with van der Waals surface area (Å²) in [7, 11) is 1.76. The molecular formula is C19H21NO4. The van der Waals surface area contributed by atoms with Gasteiger partial charge in [-0.05, 0) is 29.7 Å². The second-order valence-electron chi connectivity index (χ2n) is 5.71. The van der Waals surface area contributed by atoms with Gasteiger partial charge in [-0.25, -0.2) is 4.79 Å². The number of amides is 1. The molecule has 5 heteroatoms. The van der Waals surface area contributed by atoms with Crippen molar-refractivity contribution in [3.63, 3.8) is 0 Å². The fraction of sp³-hybridized carbons (Fsp3) is 0.263. The number of hydrogen-bond acceptors (Lipinski definition) is 3. The highest BCUT2D eigenvalue weighted by atomic mass is 16.5. The highest BCUT2D eigenvalue weighted by Gasteiger charge is 2.16. The van der Waals surface area contributed by atoms with E-state index in [1.165, 1.54) is 5.56 Å². The Balaban J connectivity index is 2.02. The molecule has 0 aliphatic heterocycles. The van der Waals surface area contributed by atoms with Crippen LogP contribution in [0.3, 0.4) is 0 Å². The van der Waals surface area contributed by atoms with E-state index >= 15 is 0 Å². The van der Waals surface area contributed by atoms with Crippen molar-refractivity contribution in [3.8, 4) is 5.75 Å². The molecule has 5 nitrogen and oxygen atoms in total. The maximum atomic E-state index is 12.6. The van der Waals surface area contributed by atoms with Gasteiger partial charge in [0, 0.05) is 19.2 Å². The van der Waals surface area contributed by atoms with Gasteiger partial charge in [-0.3, -0.25) is 4.79 Å². The lowest BCUT2D eigenvalue weighted by atomic mass is 10.0. The van der Waals surface area contributed by atoms with Crippen molar-refractivity contribution in [1.29, 1.82) is 0 Å². The first-order valence-electron chi connectivity index (χ1n) is 7.72. The fourth-order valence-corrected chi connectivity index (χ4v) is 2.47. The largest absolute Gasteiger partial charge is 0.482 e. The van der Waals surface area contributed by atoms with E-state index in [2.05, 4.69) is 6.92 Å². The Morgan fingerprint density at radius 2 is 1.83 bits per heavy atom. The van der Waals surface area contributed by atoms with E-state index in [0.29, 0.717) is 17.9 Å². The Bertz CT molecular complexity index is 700. The van der Waals surface area contributed by atoms with Crippen LogP contribution in [0.25, 0.3) is 0 Å². The van der Waals surface area contributed by atoms with Crippen molar-refractivity contribution >= 4 is 11.9 Å². The van der Waals surface area contributed by atoms with E-state index < -0.39 is 12.6 Å². The third kappa shape index (κ3) is 4.84. The number of carbonyl (C=O) groups excluding carboxylic acids is 1. The topological polar surface area (TPSA) is 66.8 Å². The second kappa shape index (κ2) is 8.15. The smallest absolute Gasteiger partial charge is 0.341 e. The Hall–Kier alpha value is -2.82. The van der Waals surface area contributed by atoms with Crippen LogP contribution in [0.1, 0.15) is 28.8 Å². The average molecular weight is 327 g/mol. The molecule has 0 heterocycles. The van der Waals surface area contributed by atoms with Gasteiger partial charge in [-0.15, -0.1) is 0 Å². The molecule has 1 amide bonds. The number of aliphatic carboxylic acids is 1. The molecule has 1 N–H and O–H groups in total. The van der Waals surface area contributed by atoms with E-state index in [4.69, 9.17) is 9.84 Å². The third-order valence-electron chi connectivity index (χ3n) is 3.71. The Morgan fingerprint density at radius 3 is 2.50 bits per heavy atom. The van der Waals surface area contributed by atoms with Gasteiger partial charge in [0.1, 0.15) is 5.75 Å². The molecule has 0 aromatic heterocycles. The molecule has 0 radical (unpaired) electrons. The van der Waals surface area contributed by atoms with Gasteiger partial charge >= 0.3 is 5.97 Å². The SMILES string of the molecule is CC(CN(C)C(=O)c1cccc(OCC(=O)O)c1)c1ccccc1. The number of hydrogen-bond donors (Lipinski definition) is 1. The summed E-state index contributed by atoms with van der Waals surface area (Å²) in [4.78, 5) is 24.8. The predicted molar refractivity (Wildman–Crippen MR) is 91.4 cm³/mol. The number of ether oxygens (including phenoxy) is 1. The lowest BCUT2D eigenvalue weighted by Gasteiger charge is -2.22. The number of carbonyl (C=O) groups is 2. The molecule has 0 fully saturated rings. The van der Waals surface area contributed by atoms with Gasteiger partial charge in [-0.1, -0.05) is 43.3 Å². The van der Waals surface area contributed by atoms with Crippen molar-refractivity contribution < 1.29 is 19.4 Å². The normalized spacial score (nSPS) is 11.6. The van der Waals surface area contributed by atoms with E-state index in [1.54, 1.807) is 36.2 Å². The number of carboxylic acid groups (broad SMARTS) is 1. The lowest BCUT2D eigenvalue weighted by Crippen LogP contribution is -2.30. The molecular weight excluding hydrogens is 306 g/mol. The molecule has 0 saturated heterocycles. The van der Waals surface area contributed by atoms with Crippen LogP contribution in [0.4, 0.5) is 0 Å². The highest BCUT2D eigenvalue weighted by molar-refractivity contribution is 5.94. The summed E-state index contributed by atoms with van der Waals surface area (Å²) in [6, 6.07) is 16.6. The summed E-state index contributed by atoms with van der Waals surface area (Å²) >= 11 is 0. The molecule has 126 valence electrons. The van der Waals surface area contributed by atoms with Crippen LogP contribution in [0.2, 0.25) is 0 Å². The molecule has 0 spiro atoms. The summed E-state index contributed by atoms with van der Waals surface area (Å²) in [6.45, 7) is 2.23. The number of rotatable bonds is 7. The van der Waals surface area contributed by atoms with Crippen molar-refractivity contribution in [2.24, 2.45) is 0 Å². The average Bonchev–Trinajstić information content (AvgIpc) is 2.60. The zero-order valence-corrected chi connectivity index (χ0v) is 13.8. The van der Waals surface area contributed by atoms with Crippen molar-refractivity contribution in [2.75, 3.05) is 20.2 Å². The Morgan fingerprint density at radius 1 is 1.12 bits per heavy atom. The van der Waals surface area contributed by atoms with Crippen LogP contribution in [-0.2, 0) is 4.79 Å². The predicted octanol–water partition coefficient (Wildman–Crippen LogP) is 3.03. The van der Waals surface area contributed by atoms with Gasteiger partial charge < -0.3 is 14.7 Å². The maximum Gasteiger partial charge on any atom is 0.341 e. The first-order valence-corrected chi connectivity index (χ1v) is 7.72. The van der Waals surface area contributed by atoms with Crippen LogP contribution >= 0.6 is 0 Å². The minimum absolute atomic E-state index is 0.126. The Labute approximate surface area is 141 Å². The number of carboxylic acids is 1. The molecule has 0 saturated carbocycles. The zero-order valence-electron chi connectivity index (χ0n) is 13.8. The first-order chi connectivity index (χ1) is 11.5. The van der Waals surface area contributed by atoms with Crippen LogP contribution in [0.15, 0.2) is 54.6 Å². The molecule has 2 aromatic carbocycles. The van der Waals surface area contributed by atoms with Gasteiger partial charge in [-0.2, -0.15) is 0 Å². The highest BCUT2D eigenvalue weighted by Crippen LogP contribution is 2.18. The second-order valence-corrected chi connectivity index (χ2v) is 5.71. The van der Waals surface area contributed by atoms with Crippen LogP contribution in [0, 0.1) is 0 Å². The first kappa shape index (κ1) is 17.5. The maximum absolute atomic E-state index is 12.6. The van der Waals surface area contributed by atoms with Crippen LogP contribution in [0.5, 0.6) is 5.75 Å². The molecule has 1 atom stereocenters. The van der Waals surface area contributed by atoms with Gasteiger partial charge in [0.2, 0.25) is 0 Å². The van der Waals surface area contributed by atoms with E-state index in [-0.39, 0.29) is 11.8 Å². The minimum atomic E-state index is -1.06. The van der Waals surface area contributed by atoms with E-state index in [0.717, 1.165) is 0 Å². The summed E-state index contributed by atoms with van der Waals surface area (Å²) < 4.78 is 5.12. The lowest BCUT2D eigenvalue weighted by molar-refractivity contribution is -0.139. The van der Waals surface area contributed by atoms with E-state index in [9.17, 15) is 9.59 Å². The monoisotopic (exact) mass is 327 g/mol. The molecule has 2 rings (SSSR count). The number of likely N-dealkylation sites (N-methyl/N-ethyl adjacent to an activating group) is 1. The van der Waals surface area contributed by atoms with E-state index in [1.807, 2.05) is 30.3 Å². The van der Waals surface area contributed by atoms with Crippen molar-refractivity contribution in [3.05, 3.63) is 65.7 Å². The summed E-state index contributed by atoms with van der Waals surface area (Å²) in [5.41, 5.74) is 1.65.